The van der Waals surface area contributed by atoms with Crippen molar-refractivity contribution in [1.29, 1.82) is 0 Å². The number of amides is 2. The summed E-state index contributed by atoms with van der Waals surface area (Å²) < 4.78 is 14.8. The Morgan fingerprint density at radius 2 is 1.59 bits per heavy atom. The van der Waals surface area contributed by atoms with Crippen LogP contribution in [0, 0.1) is 5.82 Å². The van der Waals surface area contributed by atoms with Gasteiger partial charge in [-0.15, -0.1) is 0 Å². The summed E-state index contributed by atoms with van der Waals surface area (Å²) in [6.07, 6.45) is 0. The first kappa shape index (κ1) is 20.1. The van der Waals surface area contributed by atoms with Crippen LogP contribution in [0.1, 0.15) is 25.3 Å². The molecule has 1 N–H and O–H groups in total. The highest BCUT2D eigenvalue weighted by Gasteiger charge is 2.22. The normalized spacial score (nSPS) is 14.6. The van der Waals surface area contributed by atoms with Gasteiger partial charge in [-0.3, -0.25) is 0 Å². The molecular formula is C20H22Br2FN3O. The summed E-state index contributed by atoms with van der Waals surface area (Å²) in [5.74, 6) is 0.165. The van der Waals surface area contributed by atoms with Crippen molar-refractivity contribution >= 4 is 49.3 Å². The second kappa shape index (κ2) is 8.61. The van der Waals surface area contributed by atoms with E-state index in [-0.39, 0.29) is 11.8 Å². The SMILES string of the molecule is CC(C)c1cc(Br)c(NC(=O)N2CCN(c3ccc(F)cc3)CC2)c(Br)c1. The zero-order valence-electron chi connectivity index (χ0n) is 15.3. The highest BCUT2D eigenvalue weighted by atomic mass is 79.9. The van der Waals surface area contributed by atoms with Crippen LogP contribution < -0.4 is 10.2 Å². The predicted octanol–water partition coefficient (Wildman–Crippen LogP) is 5.83. The Hall–Kier alpha value is -1.60. The standard InChI is InChI=1S/C20H22Br2FN3O/c1-13(2)14-11-17(21)19(18(22)12-14)24-20(27)26-9-7-25(8-10-26)16-5-3-15(23)4-6-16/h3-6,11-13H,7-10H2,1-2H3,(H,24,27). The van der Waals surface area contributed by atoms with E-state index >= 15 is 0 Å². The molecule has 0 spiro atoms. The number of nitrogens with zero attached hydrogens (tertiary/aromatic N) is 2. The second-order valence-electron chi connectivity index (χ2n) is 6.89. The van der Waals surface area contributed by atoms with Gasteiger partial charge in [0.25, 0.3) is 0 Å². The maximum atomic E-state index is 13.1. The third-order valence-corrected chi connectivity index (χ3v) is 5.97. The fraction of sp³-hybridized carbons (Fsp3) is 0.350. The lowest BCUT2D eigenvalue weighted by Crippen LogP contribution is -2.50. The molecule has 7 heteroatoms. The van der Waals surface area contributed by atoms with Gasteiger partial charge in [-0.25, -0.2) is 9.18 Å². The van der Waals surface area contributed by atoms with Crippen LogP contribution in [0.15, 0.2) is 45.3 Å². The minimum atomic E-state index is -0.239. The van der Waals surface area contributed by atoms with Gasteiger partial charge in [0.2, 0.25) is 0 Å². The van der Waals surface area contributed by atoms with Gasteiger partial charge in [0.1, 0.15) is 5.82 Å². The van der Waals surface area contributed by atoms with Crippen molar-refractivity contribution in [3.63, 3.8) is 0 Å². The second-order valence-corrected chi connectivity index (χ2v) is 8.60. The lowest BCUT2D eigenvalue weighted by atomic mass is 10.0. The van der Waals surface area contributed by atoms with E-state index in [0.717, 1.165) is 20.3 Å². The summed E-state index contributed by atoms with van der Waals surface area (Å²) in [5.41, 5.74) is 2.91. The molecule has 144 valence electrons. The minimum absolute atomic E-state index is 0.118. The molecular weight excluding hydrogens is 477 g/mol. The molecule has 3 rings (SSSR count). The van der Waals surface area contributed by atoms with Crippen molar-refractivity contribution in [2.75, 3.05) is 36.4 Å². The third-order valence-electron chi connectivity index (χ3n) is 4.72. The largest absolute Gasteiger partial charge is 0.368 e. The molecule has 1 aliphatic heterocycles. The van der Waals surface area contributed by atoms with Gasteiger partial charge in [0.15, 0.2) is 0 Å². The number of carbonyl (C=O) groups excluding carboxylic acids is 1. The number of benzene rings is 2. The summed E-state index contributed by atoms with van der Waals surface area (Å²) in [5, 5.41) is 3.00. The summed E-state index contributed by atoms with van der Waals surface area (Å²) in [7, 11) is 0. The first-order valence-electron chi connectivity index (χ1n) is 8.90. The molecule has 0 radical (unpaired) electrons. The number of hydrogen-bond acceptors (Lipinski definition) is 2. The molecule has 0 saturated carbocycles. The first-order valence-corrected chi connectivity index (χ1v) is 10.5. The molecule has 2 amide bonds. The maximum Gasteiger partial charge on any atom is 0.322 e. The van der Waals surface area contributed by atoms with Gasteiger partial charge >= 0.3 is 6.03 Å². The average Bonchev–Trinajstić information content (AvgIpc) is 2.65. The molecule has 0 aliphatic carbocycles. The van der Waals surface area contributed by atoms with Gasteiger partial charge in [-0.05, 0) is 79.7 Å². The molecule has 0 unspecified atom stereocenters. The van der Waals surface area contributed by atoms with Crippen molar-refractivity contribution in [2.45, 2.75) is 19.8 Å². The molecule has 0 bridgehead atoms. The number of carbonyl (C=O) groups is 1. The number of halogens is 3. The van der Waals surface area contributed by atoms with E-state index in [0.29, 0.717) is 32.1 Å². The number of urea groups is 1. The molecule has 1 fully saturated rings. The van der Waals surface area contributed by atoms with Gasteiger partial charge in [-0.2, -0.15) is 0 Å². The zero-order valence-corrected chi connectivity index (χ0v) is 18.5. The highest BCUT2D eigenvalue weighted by Crippen LogP contribution is 2.35. The van der Waals surface area contributed by atoms with Gasteiger partial charge in [-0.1, -0.05) is 13.8 Å². The fourth-order valence-corrected chi connectivity index (χ4v) is 4.47. The van der Waals surface area contributed by atoms with Crippen LogP contribution in [0.25, 0.3) is 0 Å². The molecule has 0 aromatic heterocycles. The Balaban J connectivity index is 1.62. The van der Waals surface area contributed by atoms with Crippen molar-refractivity contribution in [1.82, 2.24) is 4.90 Å². The molecule has 4 nitrogen and oxygen atoms in total. The monoisotopic (exact) mass is 497 g/mol. The fourth-order valence-electron chi connectivity index (χ4n) is 3.05. The van der Waals surface area contributed by atoms with E-state index in [1.54, 1.807) is 17.0 Å². The molecule has 2 aromatic rings. The lowest BCUT2D eigenvalue weighted by Gasteiger charge is -2.36. The van der Waals surface area contributed by atoms with Crippen LogP contribution >= 0.6 is 31.9 Å². The van der Waals surface area contributed by atoms with Crippen LogP contribution in [0.3, 0.4) is 0 Å². The van der Waals surface area contributed by atoms with Gasteiger partial charge in [0.05, 0.1) is 5.69 Å². The summed E-state index contributed by atoms with van der Waals surface area (Å²) >= 11 is 7.13. The predicted molar refractivity (Wildman–Crippen MR) is 115 cm³/mol. The van der Waals surface area contributed by atoms with Crippen LogP contribution in [0.5, 0.6) is 0 Å². The number of hydrogen-bond donors (Lipinski definition) is 1. The third kappa shape index (κ3) is 4.82. The minimum Gasteiger partial charge on any atom is -0.368 e. The van der Waals surface area contributed by atoms with E-state index in [4.69, 9.17) is 0 Å². The van der Waals surface area contributed by atoms with E-state index in [2.05, 4.69) is 55.9 Å². The molecule has 1 heterocycles. The molecule has 1 saturated heterocycles. The zero-order chi connectivity index (χ0) is 19.6. The van der Waals surface area contributed by atoms with Crippen LogP contribution in [0.2, 0.25) is 0 Å². The number of piperazine rings is 1. The van der Waals surface area contributed by atoms with E-state index in [1.807, 2.05) is 12.1 Å². The van der Waals surface area contributed by atoms with Gasteiger partial charge < -0.3 is 15.1 Å². The summed E-state index contributed by atoms with van der Waals surface area (Å²) in [6, 6.07) is 10.4. The summed E-state index contributed by atoms with van der Waals surface area (Å²) in [4.78, 5) is 16.6. The van der Waals surface area contributed by atoms with Gasteiger partial charge in [0, 0.05) is 40.8 Å². The first-order chi connectivity index (χ1) is 12.8. The van der Waals surface area contributed by atoms with Crippen molar-refractivity contribution in [2.24, 2.45) is 0 Å². The van der Waals surface area contributed by atoms with Crippen LogP contribution in [0.4, 0.5) is 20.6 Å². The Bertz CT molecular complexity index is 795. The van der Waals surface area contributed by atoms with Crippen LogP contribution in [-0.4, -0.2) is 37.1 Å². The smallest absolute Gasteiger partial charge is 0.322 e. The quantitative estimate of drug-likeness (QED) is 0.578. The van der Waals surface area contributed by atoms with Crippen molar-refractivity contribution < 1.29 is 9.18 Å². The molecule has 0 atom stereocenters. The van der Waals surface area contributed by atoms with Crippen LogP contribution in [-0.2, 0) is 0 Å². The Morgan fingerprint density at radius 1 is 1.04 bits per heavy atom. The average molecular weight is 499 g/mol. The Morgan fingerprint density at radius 3 is 2.11 bits per heavy atom. The number of nitrogens with one attached hydrogen (secondary N) is 1. The topological polar surface area (TPSA) is 35.6 Å². The van der Waals surface area contributed by atoms with E-state index < -0.39 is 0 Å². The molecule has 1 aliphatic rings. The van der Waals surface area contributed by atoms with Crippen molar-refractivity contribution in [3.8, 4) is 0 Å². The molecule has 2 aromatic carbocycles. The van der Waals surface area contributed by atoms with Crippen molar-refractivity contribution in [3.05, 3.63) is 56.7 Å². The Kier molecular flexibility index (Phi) is 6.42. The Labute approximate surface area is 176 Å². The number of anilines is 2. The summed E-state index contributed by atoms with van der Waals surface area (Å²) in [6.45, 7) is 6.92. The lowest BCUT2D eigenvalue weighted by molar-refractivity contribution is 0.208. The number of rotatable bonds is 3. The highest BCUT2D eigenvalue weighted by molar-refractivity contribution is 9.11. The van der Waals surface area contributed by atoms with E-state index in [1.165, 1.54) is 17.7 Å². The van der Waals surface area contributed by atoms with E-state index in [9.17, 15) is 9.18 Å². The maximum absolute atomic E-state index is 13.1. The molecule has 27 heavy (non-hydrogen) atoms.